The third kappa shape index (κ3) is 1.82. The van der Waals surface area contributed by atoms with Crippen LogP contribution < -0.4 is 5.73 Å². The molecule has 2 rings (SSSR count). The van der Waals surface area contributed by atoms with Crippen LogP contribution in [0.25, 0.3) is 5.69 Å². The maximum atomic E-state index is 11.1. The molecule has 0 saturated carbocycles. The molecule has 0 bridgehead atoms. The first-order valence-electron chi connectivity index (χ1n) is 4.81. The second-order valence-corrected chi connectivity index (χ2v) is 3.31. The lowest BCUT2D eigenvalue weighted by Gasteiger charge is -2.03. The molecule has 0 fully saturated rings. The predicted molar refractivity (Wildman–Crippen MR) is 57.0 cm³/mol. The van der Waals surface area contributed by atoms with Gasteiger partial charge < -0.3 is 5.73 Å². The molecule has 0 atom stereocenters. The van der Waals surface area contributed by atoms with Crippen LogP contribution in [0.5, 0.6) is 0 Å². The zero-order valence-corrected chi connectivity index (χ0v) is 8.79. The van der Waals surface area contributed by atoms with Gasteiger partial charge in [-0.1, -0.05) is 0 Å². The summed E-state index contributed by atoms with van der Waals surface area (Å²) in [4.78, 5) is 11.1. The third-order valence-electron chi connectivity index (χ3n) is 2.24. The van der Waals surface area contributed by atoms with Crippen molar-refractivity contribution in [2.75, 3.05) is 0 Å². The SMILES string of the molecule is CC(=O)c1ccc(-n2nnnc2CN)cc1. The molecule has 0 saturated heterocycles. The highest BCUT2D eigenvalue weighted by molar-refractivity contribution is 5.94. The molecule has 16 heavy (non-hydrogen) atoms. The van der Waals surface area contributed by atoms with Crippen LogP contribution in [0, 0.1) is 0 Å². The molecule has 1 aromatic carbocycles. The molecule has 0 aliphatic carbocycles. The number of ketones is 1. The smallest absolute Gasteiger partial charge is 0.170 e. The Bertz CT molecular complexity index is 502. The fourth-order valence-corrected chi connectivity index (χ4v) is 1.37. The van der Waals surface area contributed by atoms with Gasteiger partial charge in [0.2, 0.25) is 0 Å². The highest BCUT2D eigenvalue weighted by atomic mass is 16.1. The maximum Gasteiger partial charge on any atom is 0.170 e. The first kappa shape index (κ1) is 10.4. The molecule has 1 aromatic heterocycles. The number of benzene rings is 1. The van der Waals surface area contributed by atoms with E-state index in [1.54, 1.807) is 28.9 Å². The van der Waals surface area contributed by atoms with E-state index in [-0.39, 0.29) is 12.3 Å². The van der Waals surface area contributed by atoms with Gasteiger partial charge in [-0.2, -0.15) is 4.68 Å². The quantitative estimate of drug-likeness (QED) is 0.748. The summed E-state index contributed by atoms with van der Waals surface area (Å²) in [5.41, 5.74) is 6.94. The minimum atomic E-state index is 0.0299. The van der Waals surface area contributed by atoms with E-state index in [0.717, 1.165) is 5.69 Å². The summed E-state index contributed by atoms with van der Waals surface area (Å²) >= 11 is 0. The second kappa shape index (κ2) is 4.19. The van der Waals surface area contributed by atoms with Crippen molar-refractivity contribution in [2.45, 2.75) is 13.5 Å². The van der Waals surface area contributed by atoms with Gasteiger partial charge in [-0.15, -0.1) is 5.10 Å². The monoisotopic (exact) mass is 217 g/mol. The standard InChI is InChI=1S/C10H11N5O/c1-7(16)8-2-4-9(5-3-8)15-10(6-11)12-13-14-15/h2-5H,6,11H2,1H3. The molecule has 0 radical (unpaired) electrons. The molecule has 0 aliphatic heterocycles. The van der Waals surface area contributed by atoms with Crippen LogP contribution in [0.2, 0.25) is 0 Å². The van der Waals surface area contributed by atoms with E-state index in [4.69, 9.17) is 5.73 Å². The van der Waals surface area contributed by atoms with E-state index in [2.05, 4.69) is 15.5 Å². The van der Waals surface area contributed by atoms with Gasteiger partial charge >= 0.3 is 0 Å². The van der Waals surface area contributed by atoms with Crippen molar-refractivity contribution in [3.8, 4) is 5.69 Å². The molecule has 0 unspecified atom stereocenters. The maximum absolute atomic E-state index is 11.1. The number of hydrogen-bond donors (Lipinski definition) is 1. The molecule has 2 aromatic rings. The van der Waals surface area contributed by atoms with E-state index >= 15 is 0 Å². The molecule has 6 nitrogen and oxygen atoms in total. The Labute approximate surface area is 92.1 Å². The normalized spacial score (nSPS) is 10.4. The minimum absolute atomic E-state index is 0.0299. The van der Waals surface area contributed by atoms with Crippen LogP contribution in [-0.4, -0.2) is 26.0 Å². The van der Waals surface area contributed by atoms with Crippen LogP contribution >= 0.6 is 0 Å². The van der Waals surface area contributed by atoms with Crippen LogP contribution in [-0.2, 0) is 6.54 Å². The number of rotatable bonds is 3. The topological polar surface area (TPSA) is 86.7 Å². The highest BCUT2D eigenvalue weighted by Crippen LogP contribution is 2.10. The lowest BCUT2D eigenvalue weighted by molar-refractivity contribution is 0.101. The van der Waals surface area contributed by atoms with Crippen LogP contribution in [0.1, 0.15) is 23.1 Å². The molecular formula is C10H11N5O. The van der Waals surface area contributed by atoms with E-state index in [1.165, 1.54) is 6.92 Å². The first-order valence-corrected chi connectivity index (χ1v) is 4.81. The van der Waals surface area contributed by atoms with Crippen molar-refractivity contribution >= 4 is 5.78 Å². The van der Waals surface area contributed by atoms with Gasteiger partial charge in [-0.3, -0.25) is 4.79 Å². The molecule has 0 amide bonds. The predicted octanol–water partition coefficient (Wildman–Crippen LogP) is 0.324. The second-order valence-electron chi connectivity index (χ2n) is 3.31. The summed E-state index contributed by atoms with van der Waals surface area (Å²) in [5, 5.41) is 11.1. The number of nitrogens with two attached hydrogens (primary N) is 1. The Morgan fingerprint density at radius 2 is 2.06 bits per heavy atom. The number of nitrogens with zero attached hydrogens (tertiary/aromatic N) is 4. The number of carbonyl (C=O) groups excluding carboxylic acids is 1. The number of hydrogen-bond acceptors (Lipinski definition) is 5. The number of aromatic nitrogens is 4. The van der Waals surface area contributed by atoms with Gasteiger partial charge in [0.25, 0.3) is 0 Å². The van der Waals surface area contributed by atoms with E-state index < -0.39 is 0 Å². The van der Waals surface area contributed by atoms with Crippen LogP contribution in [0.3, 0.4) is 0 Å². The Hall–Kier alpha value is -2.08. The number of Topliss-reactive ketones (excluding diaryl/α,β-unsaturated/α-hetero) is 1. The zero-order chi connectivity index (χ0) is 11.5. The summed E-state index contributed by atoms with van der Waals surface area (Å²) in [7, 11) is 0. The Kier molecular flexibility index (Phi) is 2.74. The van der Waals surface area contributed by atoms with Gasteiger partial charge in [0.1, 0.15) is 0 Å². The van der Waals surface area contributed by atoms with E-state index in [0.29, 0.717) is 11.4 Å². The van der Waals surface area contributed by atoms with Crippen LogP contribution in [0.15, 0.2) is 24.3 Å². The highest BCUT2D eigenvalue weighted by Gasteiger charge is 2.06. The van der Waals surface area contributed by atoms with Gasteiger partial charge in [0.05, 0.1) is 12.2 Å². The number of tetrazole rings is 1. The first-order chi connectivity index (χ1) is 7.72. The molecule has 82 valence electrons. The van der Waals surface area contributed by atoms with Crippen molar-refractivity contribution in [3.05, 3.63) is 35.7 Å². The van der Waals surface area contributed by atoms with Gasteiger partial charge in [0.15, 0.2) is 11.6 Å². The summed E-state index contributed by atoms with van der Waals surface area (Å²) in [6, 6.07) is 7.04. The molecule has 0 spiro atoms. The Morgan fingerprint density at radius 3 is 2.62 bits per heavy atom. The third-order valence-corrected chi connectivity index (χ3v) is 2.24. The van der Waals surface area contributed by atoms with Crippen molar-refractivity contribution in [1.82, 2.24) is 20.2 Å². The van der Waals surface area contributed by atoms with Gasteiger partial charge in [-0.25, -0.2) is 0 Å². The summed E-state index contributed by atoms with van der Waals surface area (Å²) in [6.07, 6.45) is 0. The lowest BCUT2D eigenvalue weighted by atomic mass is 10.1. The summed E-state index contributed by atoms with van der Waals surface area (Å²) in [5.74, 6) is 0.609. The average Bonchev–Trinajstić information content (AvgIpc) is 2.77. The van der Waals surface area contributed by atoms with E-state index in [1.807, 2.05) is 0 Å². The van der Waals surface area contributed by atoms with Crippen molar-refractivity contribution in [1.29, 1.82) is 0 Å². The molecule has 6 heteroatoms. The Balaban J connectivity index is 2.38. The molecule has 2 N–H and O–H groups in total. The molecule has 1 heterocycles. The zero-order valence-electron chi connectivity index (χ0n) is 8.79. The fraction of sp³-hybridized carbons (Fsp3) is 0.200. The van der Waals surface area contributed by atoms with Crippen molar-refractivity contribution in [2.24, 2.45) is 5.73 Å². The fourth-order valence-electron chi connectivity index (χ4n) is 1.37. The number of carbonyl (C=O) groups is 1. The average molecular weight is 217 g/mol. The lowest BCUT2D eigenvalue weighted by Crippen LogP contribution is -2.08. The van der Waals surface area contributed by atoms with E-state index in [9.17, 15) is 4.79 Å². The van der Waals surface area contributed by atoms with Gasteiger partial charge in [-0.05, 0) is 41.6 Å². The van der Waals surface area contributed by atoms with Crippen molar-refractivity contribution in [3.63, 3.8) is 0 Å². The Morgan fingerprint density at radius 1 is 1.38 bits per heavy atom. The summed E-state index contributed by atoms with van der Waals surface area (Å²) in [6.45, 7) is 1.79. The summed E-state index contributed by atoms with van der Waals surface area (Å²) < 4.78 is 1.55. The van der Waals surface area contributed by atoms with Crippen molar-refractivity contribution < 1.29 is 4.79 Å². The van der Waals surface area contributed by atoms with Crippen LogP contribution in [0.4, 0.5) is 0 Å². The largest absolute Gasteiger partial charge is 0.324 e. The molecular weight excluding hydrogens is 206 g/mol. The molecule has 0 aliphatic rings. The minimum Gasteiger partial charge on any atom is -0.324 e. The van der Waals surface area contributed by atoms with Gasteiger partial charge in [0, 0.05) is 5.56 Å².